The average Bonchev–Trinajstić information content (AvgIpc) is 2.87. The van der Waals surface area contributed by atoms with Crippen LogP contribution in [0.4, 0.5) is 0 Å². The predicted molar refractivity (Wildman–Crippen MR) is 89.4 cm³/mol. The first-order chi connectivity index (χ1) is 10.5. The highest BCUT2D eigenvalue weighted by molar-refractivity contribution is 6.42. The number of aryl methyl sites for hydroxylation is 1. The van der Waals surface area contributed by atoms with Gasteiger partial charge in [-0.15, -0.1) is 5.10 Å². The van der Waals surface area contributed by atoms with Crippen molar-refractivity contribution in [3.8, 4) is 11.7 Å². The van der Waals surface area contributed by atoms with E-state index in [-0.39, 0.29) is 0 Å². The Labute approximate surface area is 140 Å². The number of likely N-dealkylation sites (N-methyl/N-ethyl adjacent to an activating group) is 1. The van der Waals surface area contributed by atoms with E-state index in [4.69, 9.17) is 27.9 Å². The molecule has 0 aliphatic carbocycles. The Balaban J connectivity index is 2.06. The maximum atomic E-state index is 6.04. The summed E-state index contributed by atoms with van der Waals surface area (Å²) in [7, 11) is 0. The Morgan fingerprint density at radius 2 is 1.91 bits per heavy atom. The predicted octanol–water partition coefficient (Wildman–Crippen LogP) is 3.60. The molecule has 2 aromatic rings. The van der Waals surface area contributed by atoms with Gasteiger partial charge < -0.3 is 9.64 Å². The second kappa shape index (κ2) is 7.81. The van der Waals surface area contributed by atoms with E-state index in [0.717, 1.165) is 31.1 Å². The Morgan fingerprint density at radius 3 is 2.55 bits per heavy atom. The van der Waals surface area contributed by atoms with Crippen LogP contribution in [0.3, 0.4) is 0 Å². The van der Waals surface area contributed by atoms with Crippen LogP contribution in [0.25, 0.3) is 5.69 Å². The number of halogens is 2. The van der Waals surface area contributed by atoms with E-state index in [1.807, 2.05) is 13.0 Å². The van der Waals surface area contributed by atoms with Gasteiger partial charge in [0.1, 0.15) is 12.4 Å². The molecule has 0 bridgehead atoms. The van der Waals surface area contributed by atoms with E-state index in [2.05, 4.69) is 28.8 Å². The molecule has 0 unspecified atom stereocenters. The molecule has 1 aromatic carbocycles. The van der Waals surface area contributed by atoms with Crippen LogP contribution in [0, 0.1) is 6.92 Å². The fourth-order valence-electron chi connectivity index (χ4n) is 2.09. The van der Waals surface area contributed by atoms with Crippen molar-refractivity contribution in [3.05, 3.63) is 34.1 Å². The van der Waals surface area contributed by atoms with Gasteiger partial charge in [0.25, 0.3) is 0 Å². The van der Waals surface area contributed by atoms with Gasteiger partial charge in [-0.2, -0.15) is 4.98 Å². The standard InChI is InChI=1S/C15H20Cl2N4O/c1-4-20(5-2)8-9-22-15-18-11(3)21(19-15)12-6-7-13(16)14(17)10-12/h6-7,10H,4-5,8-9H2,1-3H3. The molecule has 1 aromatic heterocycles. The molecule has 0 N–H and O–H groups in total. The third kappa shape index (κ3) is 4.12. The van der Waals surface area contributed by atoms with Gasteiger partial charge in [0, 0.05) is 6.54 Å². The first-order valence-electron chi connectivity index (χ1n) is 7.29. The quantitative estimate of drug-likeness (QED) is 0.770. The summed E-state index contributed by atoms with van der Waals surface area (Å²) in [6.07, 6.45) is 0. The summed E-state index contributed by atoms with van der Waals surface area (Å²) < 4.78 is 7.32. The molecule has 1 heterocycles. The minimum Gasteiger partial charge on any atom is -0.461 e. The topological polar surface area (TPSA) is 43.2 Å². The van der Waals surface area contributed by atoms with Crippen LogP contribution >= 0.6 is 23.2 Å². The van der Waals surface area contributed by atoms with Gasteiger partial charge >= 0.3 is 6.01 Å². The lowest BCUT2D eigenvalue weighted by Gasteiger charge is -2.16. The molecule has 0 aliphatic rings. The monoisotopic (exact) mass is 342 g/mol. The fourth-order valence-corrected chi connectivity index (χ4v) is 2.39. The summed E-state index contributed by atoms with van der Waals surface area (Å²) in [4.78, 5) is 6.60. The zero-order chi connectivity index (χ0) is 16.1. The molecule has 0 saturated heterocycles. The van der Waals surface area contributed by atoms with E-state index >= 15 is 0 Å². The second-order valence-electron chi connectivity index (χ2n) is 4.83. The lowest BCUT2D eigenvalue weighted by Crippen LogP contribution is -2.28. The molecule has 0 fully saturated rings. The molecule has 0 amide bonds. The smallest absolute Gasteiger partial charge is 0.336 e. The molecule has 5 nitrogen and oxygen atoms in total. The van der Waals surface area contributed by atoms with Gasteiger partial charge in [-0.1, -0.05) is 37.0 Å². The van der Waals surface area contributed by atoms with Gasteiger partial charge in [0.2, 0.25) is 0 Å². The summed E-state index contributed by atoms with van der Waals surface area (Å²) in [6.45, 7) is 9.55. The number of nitrogens with zero attached hydrogens (tertiary/aromatic N) is 4. The summed E-state index contributed by atoms with van der Waals surface area (Å²) in [5.74, 6) is 0.733. The van der Waals surface area contributed by atoms with E-state index in [9.17, 15) is 0 Å². The second-order valence-corrected chi connectivity index (χ2v) is 5.64. The van der Waals surface area contributed by atoms with Crippen molar-refractivity contribution in [2.75, 3.05) is 26.2 Å². The number of rotatable bonds is 7. The van der Waals surface area contributed by atoms with E-state index in [1.54, 1.807) is 16.8 Å². The Morgan fingerprint density at radius 1 is 1.18 bits per heavy atom. The highest BCUT2D eigenvalue weighted by Gasteiger charge is 2.11. The van der Waals surface area contributed by atoms with E-state index in [1.165, 1.54) is 0 Å². The fraction of sp³-hybridized carbons (Fsp3) is 0.467. The molecule has 0 saturated carbocycles. The summed E-state index contributed by atoms with van der Waals surface area (Å²) >= 11 is 12.0. The highest BCUT2D eigenvalue weighted by atomic mass is 35.5. The minimum absolute atomic E-state index is 0.371. The summed E-state index contributed by atoms with van der Waals surface area (Å²) in [5.41, 5.74) is 0.804. The molecular formula is C15H20Cl2N4O. The van der Waals surface area contributed by atoms with Gasteiger partial charge in [-0.3, -0.25) is 0 Å². The van der Waals surface area contributed by atoms with E-state index in [0.29, 0.717) is 22.7 Å². The zero-order valence-corrected chi connectivity index (χ0v) is 14.5. The molecule has 0 atom stereocenters. The first kappa shape index (κ1) is 17.1. The van der Waals surface area contributed by atoms with Crippen molar-refractivity contribution in [1.82, 2.24) is 19.7 Å². The third-order valence-electron chi connectivity index (χ3n) is 3.43. The summed E-state index contributed by atoms with van der Waals surface area (Å²) in [5, 5.41) is 5.36. The lowest BCUT2D eigenvalue weighted by molar-refractivity contribution is 0.212. The van der Waals surface area contributed by atoms with Crippen LogP contribution in [0.2, 0.25) is 10.0 Å². The summed E-state index contributed by atoms with van der Waals surface area (Å²) in [6, 6.07) is 5.71. The van der Waals surface area contributed by atoms with Crippen LogP contribution in [-0.4, -0.2) is 45.9 Å². The maximum Gasteiger partial charge on any atom is 0.336 e. The van der Waals surface area contributed by atoms with E-state index < -0.39 is 0 Å². The third-order valence-corrected chi connectivity index (χ3v) is 4.17. The van der Waals surface area contributed by atoms with Gasteiger partial charge in [0.15, 0.2) is 0 Å². The molecule has 0 radical (unpaired) electrons. The van der Waals surface area contributed by atoms with Crippen molar-refractivity contribution >= 4 is 23.2 Å². The number of ether oxygens (including phenoxy) is 1. The molecule has 0 spiro atoms. The largest absolute Gasteiger partial charge is 0.461 e. The zero-order valence-electron chi connectivity index (χ0n) is 13.0. The van der Waals surface area contributed by atoms with Crippen LogP contribution in [0.5, 0.6) is 6.01 Å². The van der Waals surface area contributed by atoms with Crippen molar-refractivity contribution in [2.45, 2.75) is 20.8 Å². The van der Waals surface area contributed by atoms with Crippen LogP contribution in [0.1, 0.15) is 19.7 Å². The number of benzene rings is 1. The van der Waals surface area contributed by atoms with Crippen LogP contribution in [-0.2, 0) is 0 Å². The van der Waals surface area contributed by atoms with Crippen LogP contribution < -0.4 is 4.74 Å². The number of hydrogen-bond acceptors (Lipinski definition) is 4. The SMILES string of the molecule is CCN(CC)CCOc1nc(C)n(-c2ccc(Cl)c(Cl)c2)n1. The average molecular weight is 343 g/mol. The minimum atomic E-state index is 0.371. The maximum absolute atomic E-state index is 6.04. The number of hydrogen-bond donors (Lipinski definition) is 0. The first-order valence-corrected chi connectivity index (χ1v) is 8.05. The molecule has 22 heavy (non-hydrogen) atoms. The van der Waals surface area contributed by atoms with Gasteiger partial charge in [0.05, 0.1) is 15.7 Å². The molecular weight excluding hydrogens is 323 g/mol. The molecule has 2 rings (SSSR count). The Hall–Kier alpha value is -1.30. The van der Waals surface area contributed by atoms with Crippen molar-refractivity contribution in [2.24, 2.45) is 0 Å². The van der Waals surface area contributed by atoms with Crippen molar-refractivity contribution in [1.29, 1.82) is 0 Å². The van der Waals surface area contributed by atoms with Gasteiger partial charge in [-0.25, -0.2) is 4.68 Å². The molecule has 0 aliphatic heterocycles. The van der Waals surface area contributed by atoms with Gasteiger partial charge in [-0.05, 0) is 38.2 Å². The Kier molecular flexibility index (Phi) is 6.06. The van der Waals surface area contributed by atoms with Crippen molar-refractivity contribution < 1.29 is 4.74 Å². The normalized spacial score (nSPS) is 11.2. The molecule has 7 heteroatoms. The molecule has 120 valence electrons. The lowest BCUT2D eigenvalue weighted by atomic mass is 10.3. The highest BCUT2D eigenvalue weighted by Crippen LogP contribution is 2.25. The number of aromatic nitrogens is 3. The van der Waals surface area contributed by atoms with Crippen LogP contribution in [0.15, 0.2) is 18.2 Å². The van der Waals surface area contributed by atoms with Crippen molar-refractivity contribution in [3.63, 3.8) is 0 Å². The Bertz CT molecular complexity index is 626.